The highest BCUT2D eigenvalue weighted by Crippen LogP contribution is 2.27. The predicted octanol–water partition coefficient (Wildman–Crippen LogP) is 5.74. The molecular weight excluding hydrogens is 412 g/mol. The van der Waals surface area contributed by atoms with E-state index in [1.54, 1.807) is 9.80 Å². The smallest absolute Gasteiger partial charge is 0.263 e. The van der Waals surface area contributed by atoms with Crippen molar-refractivity contribution in [1.82, 2.24) is 9.80 Å². The maximum atomic E-state index is 12.7. The fraction of sp³-hybridized carbons (Fsp3) is 0.250. The Morgan fingerprint density at radius 1 is 0.700 bits per heavy atom. The van der Waals surface area contributed by atoms with Gasteiger partial charge in [0.25, 0.3) is 11.8 Å². The molecule has 0 aliphatic rings. The Morgan fingerprint density at radius 2 is 1.10 bits per heavy atom. The second-order valence-electron chi connectivity index (χ2n) is 7.46. The number of hydrogen-bond donors (Lipinski definition) is 0. The Bertz CT molecular complexity index is 1030. The molecule has 0 saturated carbocycles. The minimum Gasteiger partial charge on any atom is -0.341 e. The topological polar surface area (TPSA) is 40.6 Å². The number of carbonyl (C=O) groups is 2. The zero-order chi connectivity index (χ0) is 21.1. The van der Waals surface area contributed by atoms with E-state index in [9.17, 15) is 9.59 Å². The van der Waals surface area contributed by atoms with Crippen LogP contribution in [-0.2, 0) is 0 Å². The van der Waals surface area contributed by atoms with Crippen LogP contribution in [0.1, 0.15) is 32.2 Å². The van der Waals surface area contributed by atoms with Gasteiger partial charge < -0.3 is 9.80 Å². The third kappa shape index (κ3) is 4.40. The van der Waals surface area contributed by atoms with Crippen LogP contribution in [0.4, 0.5) is 0 Å². The number of unbranched alkanes of at least 4 members (excludes halogenated alkanes) is 1. The molecule has 0 fully saturated rings. The van der Waals surface area contributed by atoms with E-state index < -0.39 is 0 Å². The maximum Gasteiger partial charge on any atom is 0.263 e. The molecule has 30 heavy (non-hydrogen) atoms. The molecule has 0 saturated heterocycles. The lowest BCUT2D eigenvalue weighted by atomic mass is 10.2. The second kappa shape index (κ2) is 8.98. The first kappa shape index (κ1) is 20.6. The van der Waals surface area contributed by atoms with Crippen molar-refractivity contribution >= 4 is 54.7 Å². The first-order valence-corrected chi connectivity index (χ1v) is 11.6. The van der Waals surface area contributed by atoms with Gasteiger partial charge in [-0.1, -0.05) is 36.4 Å². The third-order valence-electron chi connectivity index (χ3n) is 5.20. The van der Waals surface area contributed by atoms with Crippen LogP contribution < -0.4 is 0 Å². The fourth-order valence-corrected chi connectivity index (χ4v) is 5.57. The molecule has 0 spiro atoms. The molecule has 4 rings (SSSR count). The Labute approximate surface area is 184 Å². The number of carbonyl (C=O) groups excluding carboxylic acids is 2. The SMILES string of the molecule is CN(CCCCN(C)C(=O)c1cc2ccccc2s1)C(=O)c1cc2ccccc2s1. The van der Waals surface area contributed by atoms with Gasteiger partial charge in [0.05, 0.1) is 9.75 Å². The van der Waals surface area contributed by atoms with E-state index in [2.05, 4.69) is 0 Å². The van der Waals surface area contributed by atoms with Gasteiger partial charge >= 0.3 is 0 Å². The molecule has 6 heteroatoms. The molecule has 2 amide bonds. The standard InChI is InChI=1S/C24H24N2O2S2/c1-25(23(27)21-15-17-9-3-5-11-19(17)29-21)13-7-8-14-26(2)24(28)22-16-18-10-4-6-12-20(18)30-22/h3-6,9-12,15-16H,7-8,13-14H2,1-2H3. The van der Waals surface area contributed by atoms with E-state index in [4.69, 9.17) is 0 Å². The van der Waals surface area contributed by atoms with Gasteiger partial charge in [-0.2, -0.15) is 0 Å². The Hall–Kier alpha value is -2.70. The first-order chi connectivity index (χ1) is 14.5. The molecule has 2 aromatic heterocycles. The minimum atomic E-state index is 0.0610. The molecule has 0 radical (unpaired) electrons. The van der Waals surface area contributed by atoms with E-state index in [1.165, 1.54) is 22.7 Å². The molecule has 4 nitrogen and oxygen atoms in total. The van der Waals surface area contributed by atoms with E-state index in [-0.39, 0.29) is 11.8 Å². The van der Waals surface area contributed by atoms with Gasteiger partial charge in [-0.15, -0.1) is 22.7 Å². The Kier molecular flexibility index (Phi) is 6.16. The normalized spacial score (nSPS) is 11.1. The number of amides is 2. The zero-order valence-corrected chi connectivity index (χ0v) is 18.8. The van der Waals surface area contributed by atoms with Crippen LogP contribution in [0.25, 0.3) is 20.2 Å². The van der Waals surface area contributed by atoms with Gasteiger partial charge in [0.2, 0.25) is 0 Å². The van der Waals surface area contributed by atoms with E-state index in [0.29, 0.717) is 13.1 Å². The van der Waals surface area contributed by atoms with Gasteiger partial charge in [0.15, 0.2) is 0 Å². The van der Waals surface area contributed by atoms with Crippen LogP contribution in [0.2, 0.25) is 0 Å². The summed E-state index contributed by atoms with van der Waals surface area (Å²) >= 11 is 3.08. The monoisotopic (exact) mass is 436 g/mol. The lowest BCUT2D eigenvalue weighted by molar-refractivity contribution is 0.0771. The van der Waals surface area contributed by atoms with Crippen molar-refractivity contribution in [2.24, 2.45) is 0 Å². The molecular formula is C24H24N2O2S2. The van der Waals surface area contributed by atoms with Crippen LogP contribution in [0.5, 0.6) is 0 Å². The van der Waals surface area contributed by atoms with Crippen LogP contribution in [-0.4, -0.2) is 48.8 Å². The highest BCUT2D eigenvalue weighted by molar-refractivity contribution is 7.21. The largest absolute Gasteiger partial charge is 0.341 e. The summed E-state index contributed by atoms with van der Waals surface area (Å²) < 4.78 is 2.27. The number of thiophene rings is 2. The third-order valence-corrected chi connectivity index (χ3v) is 7.41. The van der Waals surface area contributed by atoms with E-state index in [0.717, 1.165) is 42.8 Å². The molecule has 154 valence electrons. The van der Waals surface area contributed by atoms with Gasteiger partial charge in [-0.3, -0.25) is 9.59 Å². The summed E-state index contributed by atoms with van der Waals surface area (Å²) in [6, 6.07) is 20.1. The van der Waals surface area contributed by atoms with Crippen molar-refractivity contribution in [3.63, 3.8) is 0 Å². The molecule has 2 heterocycles. The minimum absolute atomic E-state index is 0.0610. The van der Waals surface area contributed by atoms with Crippen molar-refractivity contribution in [2.75, 3.05) is 27.2 Å². The molecule has 4 aromatic rings. The number of benzene rings is 2. The lowest BCUT2D eigenvalue weighted by Crippen LogP contribution is -2.29. The van der Waals surface area contributed by atoms with Gasteiger partial charge in [-0.05, 0) is 47.9 Å². The fourth-order valence-electron chi connectivity index (χ4n) is 3.45. The summed E-state index contributed by atoms with van der Waals surface area (Å²) in [6.07, 6.45) is 1.72. The molecule has 0 N–H and O–H groups in total. The maximum absolute atomic E-state index is 12.7. The zero-order valence-electron chi connectivity index (χ0n) is 17.1. The van der Waals surface area contributed by atoms with Crippen molar-refractivity contribution in [1.29, 1.82) is 0 Å². The summed E-state index contributed by atoms with van der Waals surface area (Å²) in [5, 5.41) is 2.22. The summed E-state index contributed by atoms with van der Waals surface area (Å²) in [7, 11) is 3.69. The molecule has 0 bridgehead atoms. The average molecular weight is 437 g/mol. The average Bonchev–Trinajstić information content (AvgIpc) is 3.39. The predicted molar refractivity (Wildman–Crippen MR) is 127 cm³/mol. The first-order valence-electron chi connectivity index (χ1n) is 10.0. The summed E-state index contributed by atoms with van der Waals surface area (Å²) in [6.45, 7) is 1.36. The quantitative estimate of drug-likeness (QED) is 0.347. The van der Waals surface area contributed by atoms with Crippen LogP contribution >= 0.6 is 22.7 Å². The Balaban J connectivity index is 1.26. The molecule has 0 unspecified atom stereocenters. The second-order valence-corrected chi connectivity index (χ2v) is 9.63. The van der Waals surface area contributed by atoms with Gasteiger partial charge in [-0.25, -0.2) is 0 Å². The van der Waals surface area contributed by atoms with Crippen molar-refractivity contribution in [3.8, 4) is 0 Å². The molecule has 2 aromatic carbocycles. The van der Waals surface area contributed by atoms with Gasteiger partial charge in [0, 0.05) is 36.6 Å². The van der Waals surface area contributed by atoms with Crippen molar-refractivity contribution < 1.29 is 9.59 Å². The Morgan fingerprint density at radius 3 is 1.50 bits per heavy atom. The van der Waals surface area contributed by atoms with Crippen LogP contribution in [0.3, 0.4) is 0 Å². The highest BCUT2D eigenvalue weighted by atomic mass is 32.1. The molecule has 0 aliphatic heterocycles. The summed E-state index contributed by atoms with van der Waals surface area (Å²) in [5.74, 6) is 0.122. The number of hydrogen-bond acceptors (Lipinski definition) is 4. The van der Waals surface area contributed by atoms with Crippen LogP contribution in [0.15, 0.2) is 60.7 Å². The van der Waals surface area contributed by atoms with Gasteiger partial charge in [0.1, 0.15) is 0 Å². The highest BCUT2D eigenvalue weighted by Gasteiger charge is 2.16. The van der Waals surface area contributed by atoms with Crippen molar-refractivity contribution in [3.05, 3.63) is 70.4 Å². The summed E-state index contributed by atoms with van der Waals surface area (Å²) in [5.41, 5.74) is 0. The number of rotatable bonds is 7. The van der Waals surface area contributed by atoms with E-state index >= 15 is 0 Å². The summed E-state index contributed by atoms with van der Waals surface area (Å²) in [4.78, 5) is 30.5. The number of fused-ring (bicyclic) bond motifs is 2. The lowest BCUT2D eigenvalue weighted by Gasteiger charge is -2.19. The van der Waals surface area contributed by atoms with Crippen molar-refractivity contribution in [2.45, 2.75) is 12.8 Å². The molecule has 0 atom stereocenters. The van der Waals surface area contributed by atoms with E-state index in [1.807, 2.05) is 74.8 Å². The van der Waals surface area contributed by atoms with Crippen LogP contribution in [0, 0.1) is 0 Å². The number of nitrogens with zero attached hydrogens (tertiary/aromatic N) is 2. The molecule has 0 aliphatic carbocycles.